The summed E-state index contributed by atoms with van der Waals surface area (Å²) in [4.78, 5) is 11.1. The Labute approximate surface area is 120 Å². The molecule has 0 radical (unpaired) electrons. The molecule has 0 aromatic heterocycles. The fourth-order valence-corrected chi connectivity index (χ4v) is 3.48. The van der Waals surface area contributed by atoms with E-state index in [-0.39, 0.29) is 5.91 Å². The average molecular weight is 270 g/mol. The Morgan fingerprint density at radius 2 is 2.15 bits per heavy atom. The molecule has 3 nitrogen and oxygen atoms in total. The molecular formula is C17H22N2O. The van der Waals surface area contributed by atoms with Crippen molar-refractivity contribution in [3.8, 4) is 0 Å². The number of hydrogen-bond acceptors (Lipinski definition) is 2. The molecule has 3 atom stereocenters. The maximum absolute atomic E-state index is 11.1. The van der Waals surface area contributed by atoms with Crippen molar-refractivity contribution >= 4 is 17.3 Å². The first-order valence-corrected chi connectivity index (χ1v) is 7.42. The van der Waals surface area contributed by atoms with Gasteiger partial charge in [0.15, 0.2) is 0 Å². The van der Waals surface area contributed by atoms with E-state index in [0.29, 0.717) is 0 Å². The van der Waals surface area contributed by atoms with E-state index in [1.165, 1.54) is 19.8 Å². The van der Waals surface area contributed by atoms with E-state index in [4.69, 9.17) is 0 Å². The van der Waals surface area contributed by atoms with Gasteiger partial charge >= 0.3 is 0 Å². The molecule has 1 saturated carbocycles. The molecule has 2 aliphatic rings. The van der Waals surface area contributed by atoms with Crippen LogP contribution in [0.25, 0.3) is 0 Å². The van der Waals surface area contributed by atoms with Crippen molar-refractivity contribution < 1.29 is 4.79 Å². The van der Waals surface area contributed by atoms with Crippen LogP contribution in [0.1, 0.15) is 25.3 Å². The lowest BCUT2D eigenvalue weighted by Crippen LogP contribution is -2.18. The van der Waals surface area contributed by atoms with Gasteiger partial charge < -0.3 is 10.6 Å². The van der Waals surface area contributed by atoms with Crippen LogP contribution in [0.4, 0.5) is 11.4 Å². The average Bonchev–Trinajstić information content (AvgIpc) is 3.01. The molecule has 0 heterocycles. The van der Waals surface area contributed by atoms with Crippen LogP contribution in [0.3, 0.4) is 0 Å². The van der Waals surface area contributed by atoms with Crippen LogP contribution in [0.15, 0.2) is 30.4 Å². The van der Waals surface area contributed by atoms with Crippen LogP contribution >= 0.6 is 0 Å². The summed E-state index contributed by atoms with van der Waals surface area (Å²) in [6.45, 7) is 4.61. The van der Waals surface area contributed by atoms with Crippen molar-refractivity contribution in [2.24, 2.45) is 17.8 Å². The zero-order chi connectivity index (χ0) is 14.1. The zero-order valence-corrected chi connectivity index (χ0v) is 12.1. The van der Waals surface area contributed by atoms with Gasteiger partial charge in [0, 0.05) is 24.8 Å². The van der Waals surface area contributed by atoms with Gasteiger partial charge in [-0.05, 0) is 61.3 Å². The SMILES string of the molecule is CC(=O)Nc1ccc(NCC2CC3C=CC2C3)cc1C. The minimum Gasteiger partial charge on any atom is -0.385 e. The molecule has 20 heavy (non-hydrogen) atoms. The summed E-state index contributed by atoms with van der Waals surface area (Å²) < 4.78 is 0. The van der Waals surface area contributed by atoms with Crippen molar-refractivity contribution in [2.75, 3.05) is 17.2 Å². The van der Waals surface area contributed by atoms with Gasteiger partial charge in [-0.2, -0.15) is 0 Å². The Hall–Kier alpha value is -1.77. The van der Waals surface area contributed by atoms with E-state index in [0.717, 1.165) is 41.2 Å². The first-order valence-electron chi connectivity index (χ1n) is 7.42. The Kier molecular flexibility index (Phi) is 3.51. The van der Waals surface area contributed by atoms with E-state index in [2.05, 4.69) is 28.9 Å². The molecule has 1 aromatic carbocycles. The minimum absolute atomic E-state index is 0.0254. The van der Waals surface area contributed by atoms with Gasteiger partial charge in [0.05, 0.1) is 0 Å². The van der Waals surface area contributed by atoms with Crippen LogP contribution in [0.5, 0.6) is 0 Å². The fraction of sp³-hybridized carbons (Fsp3) is 0.471. The van der Waals surface area contributed by atoms with Crippen molar-refractivity contribution in [2.45, 2.75) is 26.7 Å². The molecule has 2 aliphatic carbocycles. The number of hydrogen-bond donors (Lipinski definition) is 2. The standard InChI is InChI=1S/C17H22N2O/c1-11-7-16(5-6-17(11)19-12(2)20)18-10-15-9-13-3-4-14(15)8-13/h3-7,13-15,18H,8-10H2,1-2H3,(H,19,20). The molecule has 1 fully saturated rings. The topological polar surface area (TPSA) is 41.1 Å². The van der Waals surface area contributed by atoms with Crippen molar-refractivity contribution in [3.05, 3.63) is 35.9 Å². The van der Waals surface area contributed by atoms with Crippen molar-refractivity contribution in [1.29, 1.82) is 0 Å². The van der Waals surface area contributed by atoms with Gasteiger partial charge in [-0.1, -0.05) is 12.2 Å². The number of carbonyl (C=O) groups excluding carboxylic acids is 1. The molecule has 2 N–H and O–H groups in total. The molecule has 3 rings (SSSR count). The smallest absolute Gasteiger partial charge is 0.221 e. The number of allylic oxidation sites excluding steroid dienone is 2. The summed E-state index contributed by atoms with van der Waals surface area (Å²) in [6, 6.07) is 6.12. The first-order chi connectivity index (χ1) is 9.61. The maximum atomic E-state index is 11.1. The fourth-order valence-electron chi connectivity index (χ4n) is 3.48. The minimum atomic E-state index is -0.0254. The van der Waals surface area contributed by atoms with Gasteiger partial charge in [0.25, 0.3) is 0 Å². The van der Waals surface area contributed by atoms with Crippen molar-refractivity contribution in [3.63, 3.8) is 0 Å². The predicted molar refractivity (Wildman–Crippen MR) is 82.8 cm³/mol. The highest BCUT2D eigenvalue weighted by Crippen LogP contribution is 2.43. The highest BCUT2D eigenvalue weighted by Gasteiger charge is 2.35. The number of benzene rings is 1. The van der Waals surface area contributed by atoms with Crippen LogP contribution < -0.4 is 10.6 Å². The van der Waals surface area contributed by atoms with Crippen LogP contribution in [0, 0.1) is 24.7 Å². The normalized spacial score (nSPS) is 26.8. The van der Waals surface area contributed by atoms with Gasteiger partial charge in [-0.15, -0.1) is 0 Å². The maximum Gasteiger partial charge on any atom is 0.221 e. The second kappa shape index (κ2) is 5.31. The number of anilines is 2. The second-order valence-electron chi connectivity index (χ2n) is 6.13. The van der Waals surface area contributed by atoms with Gasteiger partial charge in [-0.25, -0.2) is 0 Å². The molecule has 106 valence electrons. The zero-order valence-electron chi connectivity index (χ0n) is 12.1. The van der Waals surface area contributed by atoms with Crippen molar-refractivity contribution in [1.82, 2.24) is 0 Å². The van der Waals surface area contributed by atoms with Crippen LogP contribution in [-0.4, -0.2) is 12.5 Å². The van der Waals surface area contributed by atoms with E-state index in [1.54, 1.807) is 0 Å². The number of fused-ring (bicyclic) bond motifs is 2. The lowest BCUT2D eigenvalue weighted by atomic mass is 9.93. The number of nitrogens with one attached hydrogen (secondary N) is 2. The van der Waals surface area contributed by atoms with Gasteiger partial charge in [0.2, 0.25) is 5.91 Å². The van der Waals surface area contributed by atoms with Crippen LogP contribution in [-0.2, 0) is 4.79 Å². The molecule has 3 unspecified atom stereocenters. The summed E-state index contributed by atoms with van der Waals surface area (Å²) >= 11 is 0. The summed E-state index contributed by atoms with van der Waals surface area (Å²) in [5, 5.41) is 6.39. The predicted octanol–water partition coefficient (Wildman–Crippen LogP) is 3.58. The monoisotopic (exact) mass is 270 g/mol. The Morgan fingerprint density at radius 3 is 2.75 bits per heavy atom. The van der Waals surface area contributed by atoms with E-state index in [1.807, 2.05) is 19.1 Å². The highest BCUT2D eigenvalue weighted by molar-refractivity contribution is 5.89. The molecule has 0 saturated heterocycles. The molecular weight excluding hydrogens is 248 g/mol. The molecule has 2 bridgehead atoms. The van der Waals surface area contributed by atoms with E-state index < -0.39 is 0 Å². The Morgan fingerprint density at radius 1 is 1.30 bits per heavy atom. The third-order valence-electron chi connectivity index (χ3n) is 4.52. The van der Waals surface area contributed by atoms with Gasteiger partial charge in [0.1, 0.15) is 0 Å². The number of carbonyl (C=O) groups is 1. The summed E-state index contributed by atoms with van der Waals surface area (Å²) in [5.74, 6) is 2.37. The Bertz CT molecular complexity index is 550. The largest absolute Gasteiger partial charge is 0.385 e. The Balaban J connectivity index is 1.59. The van der Waals surface area contributed by atoms with E-state index >= 15 is 0 Å². The lowest BCUT2D eigenvalue weighted by molar-refractivity contribution is -0.114. The number of rotatable bonds is 4. The summed E-state index contributed by atoms with van der Waals surface area (Å²) in [5.41, 5.74) is 3.13. The molecule has 1 aromatic rings. The lowest BCUT2D eigenvalue weighted by Gasteiger charge is -2.19. The quantitative estimate of drug-likeness (QED) is 0.821. The molecule has 0 aliphatic heterocycles. The third-order valence-corrected chi connectivity index (χ3v) is 4.52. The summed E-state index contributed by atoms with van der Waals surface area (Å²) in [7, 11) is 0. The van der Waals surface area contributed by atoms with E-state index in [9.17, 15) is 4.79 Å². The molecule has 3 heteroatoms. The first kappa shape index (κ1) is 13.2. The van der Waals surface area contributed by atoms with Gasteiger partial charge in [-0.3, -0.25) is 4.79 Å². The van der Waals surface area contributed by atoms with Crippen LogP contribution in [0.2, 0.25) is 0 Å². The molecule has 0 spiro atoms. The number of aryl methyl sites for hydroxylation is 1. The number of amides is 1. The molecule has 1 amide bonds. The third kappa shape index (κ3) is 2.72. The summed E-state index contributed by atoms with van der Waals surface area (Å²) in [6.07, 6.45) is 7.46. The highest BCUT2D eigenvalue weighted by atomic mass is 16.1. The second-order valence-corrected chi connectivity index (χ2v) is 6.13.